The van der Waals surface area contributed by atoms with Gasteiger partial charge in [-0.3, -0.25) is 9.59 Å². The van der Waals surface area contributed by atoms with Crippen LogP contribution in [0.15, 0.2) is 42.1 Å². The molecule has 1 aromatic rings. The van der Waals surface area contributed by atoms with Crippen molar-refractivity contribution in [3.8, 4) is 0 Å². The standard InChI is InChI=1S/C18H21NO2/c1-17(2)14-9-10-18(17,3)15(20)13(14)11-19-16(21)12-7-5-4-6-8-12/h4-8,11,14H,9-10H2,1-3H3,(H,19,21)/b13-11-/t14-,18+/m0/s1. The first-order valence-electron chi connectivity index (χ1n) is 7.49. The maximum absolute atomic E-state index is 12.6. The van der Waals surface area contributed by atoms with E-state index in [2.05, 4.69) is 26.1 Å². The molecule has 3 nitrogen and oxygen atoms in total. The Balaban J connectivity index is 1.83. The second-order valence-electron chi connectivity index (χ2n) is 6.91. The molecule has 1 aromatic carbocycles. The molecule has 2 saturated carbocycles. The van der Waals surface area contributed by atoms with E-state index in [4.69, 9.17) is 0 Å². The Morgan fingerprint density at radius 1 is 1.24 bits per heavy atom. The van der Waals surface area contributed by atoms with Crippen LogP contribution in [-0.4, -0.2) is 11.7 Å². The SMILES string of the molecule is CC1(C)[C@H]2CC[C@]1(C)C(=O)/C2=C\NC(=O)c1ccccc1. The molecule has 3 rings (SSSR count). The molecule has 1 N–H and O–H groups in total. The van der Waals surface area contributed by atoms with Crippen molar-refractivity contribution in [2.75, 3.05) is 0 Å². The predicted molar refractivity (Wildman–Crippen MR) is 81.6 cm³/mol. The number of hydrogen-bond acceptors (Lipinski definition) is 2. The molecule has 0 aliphatic heterocycles. The minimum absolute atomic E-state index is 0.0204. The molecule has 2 aliphatic carbocycles. The van der Waals surface area contributed by atoms with E-state index in [0.29, 0.717) is 5.56 Å². The number of hydrogen-bond donors (Lipinski definition) is 1. The topological polar surface area (TPSA) is 46.2 Å². The highest BCUT2D eigenvalue weighted by Gasteiger charge is 2.63. The number of Topliss-reactive ketones (excluding diaryl/α,β-unsaturated/α-hetero) is 1. The second-order valence-corrected chi connectivity index (χ2v) is 6.91. The van der Waals surface area contributed by atoms with E-state index < -0.39 is 0 Å². The summed E-state index contributed by atoms with van der Waals surface area (Å²) in [6.45, 7) is 6.40. The molecule has 110 valence electrons. The van der Waals surface area contributed by atoms with Crippen LogP contribution in [0.25, 0.3) is 0 Å². The molecular formula is C18H21NO2. The summed E-state index contributed by atoms with van der Waals surface area (Å²) in [5.41, 5.74) is 1.10. The zero-order chi connectivity index (χ0) is 15.3. The van der Waals surface area contributed by atoms with Gasteiger partial charge in [-0.1, -0.05) is 39.0 Å². The van der Waals surface area contributed by atoms with Crippen LogP contribution in [0.5, 0.6) is 0 Å². The monoisotopic (exact) mass is 283 g/mol. The van der Waals surface area contributed by atoms with Crippen LogP contribution in [0.1, 0.15) is 44.0 Å². The summed E-state index contributed by atoms with van der Waals surface area (Å²) in [5, 5.41) is 2.79. The van der Waals surface area contributed by atoms with Gasteiger partial charge in [-0.05, 0) is 36.3 Å². The van der Waals surface area contributed by atoms with E-state index in [-0.39, 0.29) is 28.4 Å². The van der Waals surface area contributed by atoms with Crippen LogP contribution < -0.4 is 5.32 Å². The van der Waals surface area contributed by atoms with E-state index in [9.17, 15) is 9.59 Å². The summed E-state index contributed by atoms with van der Waals surface area (Å²) >= 11 is 0. The van der Waals surface area contributed by atoms with Crippen molar-refractivity contribution in [3.63, 3.8) is 0 Å². The Labute approximate surface area is 125 Å². The fraction of sp³-hybridized carbons (Fsp3) is 0.444. The summed E-state index contributed by atoms with van der Waals surface area (Å²) in [4.78, 5) is 24.7. The van der Waals surface area contributed by atoms with Gasteiger partial charge in [-0.2, -0.15) is 0 Å². The Morgan fingerprint density at radius 3 is 2.48 bits per heavy atom. The number of amides is 1. The van der Waals surface area contributed by atoms with Crippen LogP contribution >= 0.6 is 0 Å². The predicted octanol–water partition coefficient (Wildman–Crippen LogP) is 3.33. The highest BCUT2D eigenvalue weighted by Crippen LogP contribution is 2.65. The third-order valence-corrected chi connectivity index (χ3v) is 5.76. The Morgan fingerprint density at radius 2 is 1.90 bits per heavy atom. The lowest BCUT2D eigenvalue weighted by atomic mass is 9.70. The third-order valence-electron chi connectivity index (χ3n) is 5.76. The zero-order valence-electron chi connectivity index (χ0n) is 12.8. The van der Waals surface area contributed by atoms with Crippen molar-refractivity contribution in [2.45, 2.75) is 33.6 Å². The molecule has 2 bridgehead atoms. The molecule has 2 atom stereocenters. The number of carbonyl (C=O) groups is 2. The van der Waals surface area contributed by atoms with E-state index in [1.807, 2.05) is 18.2 Å². The number of ketones is 1. The first kappa shape index (κ1) is 14.1. The van der Waals surface area contributed by atoms with E-state index in [1.54, 1.807) is 18.3 Å². The number of carbonyl (C=O) groups excluding carboxylic acids is 2. The average molecular weight is 283 g/mol. The van der Waals surface area contributed by atoms with Gasteiger partial charge in [0.15, 0.2) is 5.78 Å². The highest BCUT2D eigenvalue weighted by molar-refractivity contribution is 6.05. The van der Waals surface area contributed by atoms with E-state index >= 15 is 0 Å². The molecule has 2 aliphatic rings. The fourth-order valence-electron chi connectivity index (χ4n) is 3.91. The van der Waals surface area contributed by atoms with Gasteiger partial charge < -0.3 is 5.32 Å². The fourth-order valence-corrected chi connectivity index (χ4v) is 3.91. The van der Waals surface area contributed by atoms with Crippen molar-refractivity contribution in [1.29, 1.82) is 0 Å². The van der Waals surface area contributed by atoms with Crippen molar-refractivity contribution >= 4 is 11.7 Å². The van der Waals surface area contributed by atoms with Crippen LogP contribution in [0.2, 0.25) is 0 Å². The van der Waals surface area contributed by atoms with Gasteiger partial charge in [-0.25, -0.2) is 0 Å². The first-order chi connectivity index (χ1) is 9.88. The zero-order valence-corrected chi connectivity index (χ0v) is 12.8. The summed E-state index contributed by atoms with van der Waals surface area (Å²) in [7, 11) is 0. The molecule has 21 heavy (non-hydrogen) atoms. The maximum atomic E-state index is 12.6. The van der Waals surface area contributed by atoms with Crippen molar-refractivity contribution in [2.24, 2.45) is 16.7 Å². The Bertz CT molecular complexity index is 630. The Kier molecular flexibility index (Phi) is 3.05. The Hall–Kier alpha value is -1.90. The molecule has 0 radical (unpaired) electrons. The molecule has 2 fully saturated rings. The van der Waals surface area contributed by atoms with Crippen LogP contribution in [0, 0.1) is 16.7 Å². The third kappa shape index (κ3) is 1.87. The average Bonchev–Trinajstić information content (AvgIpc) is 2.78. The normalized spacial score (nSPS) is 31.7. The summed E-state index contributed by atoms with van der Waals surface area (Å²) < 4.78 is 0. The quantitative estimate of drug-likeness (QED) is 0.846. The molecule has 0 spiro atoms. The van der Waals surface area contributed by atoms with Gasteiger partial charge >= 0.3 is 0 Å². The second kappa shape index (κ2) is 4.55. The number of nitrogens with one attached hydrogen (secondary N) is 1. The summed E-state index contributed by atoms with van der Waals surface area (Å²) in [5.74, 6) is 0.296. The maximum Gasteiger partial charge on any atom is 0.255 e. The summed E-state index contributed by atoms with van der Waals surface area (Å²) in [6, 6.07) is 9.06. The smallest absolute Gasteiger partial charge is 0.255 e. The van der Waals surface area contributed by atoms with Gasteiger partial charge in [-0.15, -0.1) is 0 Å². The number of allylic oxidation sites excluding steroid dienone is 1. The summed E-state index contributed by atoms with van der Waals surface area (Å²) in [6.07, 6.45) is 3.63. The van der Waals surface area contributed by atoms with E-state index in [0.717, 1.165) is 18.4 Å². The van der Waals surface area contributed by atoms with Crippen molar-refractivity contribution in [1.82, 2.24) is 5.32 Å². The van der Waals surface area contributed by atoms with Gasteiger partial charge in [0.25, 0.3) is 5.91 Å². The van der Waals surface area contributed by atoms with Gasteiger partial charge in [0.05, 0.1) is 0 Å². The molecule has 3 heteroatoms. The number of fused-ring (bicyclic) bond motifs is 2. The van der Waals surface area contributed by atoms with Crippen LogP contribution in [-0.2, 0) is 4.79 Å². The van der Waals surface area contributed by atoms with Crippen molar-refractivity contribution in [3.05, 3.63) is 47.7 Å². The van der Waals surface area contributed by atoms with Crippen LogP contribution in [0.3, 0.4) is 0 Å². The highest BCUT2D eigenvalue weighted by atomic mass is 16.1. The molecule has 0 unspecified atom stereocenters. The molecule has 0 heterocycles. The largest absolute Gasteiger partial charge is 0.328 e. The molecular weight excluding hydrogens is 262 g/mol. The lowest BCUT2D eigenvalue weighted by Gasteiger charge is -2.31. The van der Waals surface area contributed by atoms with Crippen molar-refractivity contribution < 1.29 is 9.59 Å². The lowest BCUT2D eigenvalue weighted by Crippen LogP contribution is -2.32. The van der Waals surface area contributed by atoms with E-state index in [1.165, 1.54) is 0 Å². The van der Waals surface area contributed by atoms with Gasteiger partial charge in [0.1, 0.15) is 0 Å². The molecule has 1 amide bonds. The first-order valence-corrected chi connectivity index (χ1v) is 7.49. The van der Waals surface area contributed by atoms with Crippen LogP contribution in [0.4, 0.5) is 0 Å². The lowest BCUT2D eigenvalue weighted by molar-refractivity contribution is -0.125. The minimum Gasteiger partial charge on any atom is -0.328 e. The number of benzene rings is 1. The van der Waals surface area contributed by atoms with Gasteiger partial charge in [0, 0.05) is 22.8 Å². The molecule has 0 aromatic heterocycles. The minimum atomic E-state index is -0.277. The van der Waals surface area contributed by atoms with Gasteiger partial charge in [0.2, 0.25) is 0 Å². The molecule has 0 saturated heterocycles. The number of rotatable bonds is 2.